The fraction of sp³-hybridized carbons (Fsp3) is 0.410. The van der Waals surface area contributed by atoms with Crippen LogP contribution in [0.15, 0.2) is 60.8 Å². The van der Waals surface area contributed by atoms with Crippen molar-refractivity contribution in [3.63, 3.8) is 0 Å². The van der Waals surface area contributed by atoms with Gasteiger partial charge in [0.1, 0.15) is 12.4 Å². The zero-order chi connectivity index (χ0) is 35.9. The number of piperidine rings is 2. The first-order valence-electron chi connectivity index (χ1n) is 17.3. The molecule has 4 aromatic rings. The molecule has 0 unspecified atom stereocenters. The lowest BCUT2D eigenvalue weighted by molar-refractivity contribution is -0.136. The highest BCUT2D eigenvalue weighted by molar-refractivity contribution is 6.39. The van der Waals surface area contributed by atoms with Crippen LogP contribution in [-0.4, -0.2) is 97.0 Å². The Morgan fingerprint density at radius 3 is 2.33 bits per heavy atom. The van der Waals surface area contributed by atoms with E-state index in [1.165, 1.54) is 0 Å². The Balaban J connectivity index is 1.19. The van der Waals surface area contributed by atoms with Crippen LogP contribution >= 0.6 is 23.2 Å². The Morgan fingerprint density at radius 1 is 0.882 bits per heavy atom. The smallest absolute Gasteiger partial charge is 0.248 e. The number of aliphatic hydroxyl groups excluding tert-OH is 1. The molecule has 1 amide bonds. The summed E-state index contributed by atoms with van der Waals surface area (Å²) in [6, 6.07) is 18.0. The Morgan fingerprint density at radius 2 is 1.61 bits per heavy atom. The van der Waals surface area contributed by atoms with E-state index in [0.29, 0.717) is 46.9 Å². The molecule has 2 saturated heterocycles. The minimum Gasteiger partial charge on any atom is -0.496 e. The number of hydrogen-bond donors (Lipinski definition) is 2. The van der Waals surface area contributed by atoms with Gasteiger partial charge in [0, 0.05) is 92.0 Å². The number of benzene rings is 2. The molecule has 270 valence electrons. The van der Waals surface area contributed by atoms with E-state index in [9.17, 15) is 9.90 Å². The number of aliphatic hydroxyl groups is 1. The molecule has 12 heteroatoms. The average molecular weight is 735 g/mol. The van der Waals surface area contributed by atoms with Crippen LogP contribution in [0.5, 0.6) is 11.6 Å². The normalized spacial score (nSPS) is 16.0. The van der Waals surface area contributed by atoms with Crippen molar-refractivity contribution in [3.05, 3.63) is 82.0 Å². The summed E-state index contributed by atoms with van der Waals surface area (Å²) in [6.45, 7) is 4.57. The molecule has 2 aromatic heterocycles. The van der Waals surface area contributed by atoms with Crippen LogP contribution in [0.4, 0.5) is 0 Å². The van der Waals surface area contributed by atoms with Crippen molar-refractivity contribution in [1.82, 2.24) is 25.1 Å². The molecule has 4 heterocycles. The molecular weight excluding hydrogens is 689 g/mol. The fourth-order valence-corrected chi connectivity index (χ4v) is 7.51. The molecule has 2 N–H and O–H groups in total. The lowest BCUT2D eigenvalue weighted by Crippen LogP contribution is -2.45. The highest BCUT2D eigenvalue weighted by Gasteiger charge is 2.24. The Hall–Kier alpha value is -3.77. The zero-order valence-electron chi connectivity index (χ0n) is 29.3. The van der Waals surface area contributed by atoms with Gasteiger partial charge in [-0.3, -0.25) is 14.7 Å². The largest absolute Gasteiger partial charge is 0.496 e. The predicted molar refractivity (Wildman–Crippen MR) is 200 cm³/mol. The monoisotopic (exact) mass is 733 g/mol. The van der Waals surface area contributed by atoms with Crippen LogP contribution in [0, 0.1) is 0 Å². The van der Waals surface area contributed by atoms with Gasteiger partial charge in [0.15, 0.2) is 0 Å². The summed E-state index contributed by atoms with van der Waals surface area (Å²) >= 11 is 14.2. The lowest BCUT2D eigenvalue weighted by atomic mass is 9.99. The van der Waals surface area contributed by atoms with E-state index >= 15 is 0 Å². The van der Waals surface area contributed by atoms with Crippen molar-refractivity contribution >= 4 is 29.1 Å². The van der Waals surface area contributed by atoms with E-state index in [-0.39, 0.29) is 24.7 Å². The number of amides is 1. The number of hydrogen-bond acceptors (Lipinski definition) is 9. The third-order valence-corrected chi connectivity index (χ3v) is 10.6. The quantitative estimate of drug-likeness (QED) is 0.169. The van der Waals surface area contributed by atoms with Gasteiger partial charge in [-0.05, 0) is 43.9 Å². The van der Waals surface area contributed by atoms with Crippen LogP contribution in [0.3, 0.4) is 0 Å². The third kappa shape index (κ3) is 8.65. The first kappa shape index (κ1) is 37.0. The van der Waals surface area contributed by atoms with Gasteiger partial charge >= 0.3 is 0 Å². The van der Waals surface area contributed by atoms with Crippen LogP contribution in [-0.2, 0) is 22.6 Å². The number of nitrogens with zero attached hydrogens (tertiary/aromatic N) is 4. The Labute approximate surface area is 309 Å². The number of aromatic nitrogens is 2. The summed E-state index contributed by atoms with van der Waals surface area (Å²) in [5, 5.41) is 14.5. The van der Waals surface area contributed by atoms with Crippen molar-refractivity contribution in [1.29, 1.82) is 0 Å². The van der Waals surface area contributed by atoms with Crippen LogP contribution in [0.1, 0.15) is 36.8 Å². The first-order valence-corrected chi connectivity index (χ1v) is 18.1. The maximum atomic E-state index is 12.1. The minimum atomic E-state index is -0.214. The summed E-state index contributed by atoms with van der Waals surface area (Å²) in [5.41, 5.74) is 6.43. The number of methoxy groups -OCH3 is 3. The zero-order valence-corrected chi connectivity index (χ0v) is 30.8. The summed E-state index contributed by atoms with van der Waals surface area (Å²) in [6.07, 6.45) is 4.83. The van der Waals surface area contributed by atoms with Gasteiger partial charge in [0.05, 0.1) is 41.8 Å². The maximum Gasteiger partial charge on any atom is 0.248 e. The van der Waals surface area contributed by atoms with Gasteiger partial charge < -0.3 is 29.5 Å². The maximum absolute atomic E-state index is 12.1. The average Bonchev–Trinajstić information content (AvgIpc) is 3.15. The highest BCUT2D eigenvalue weighted by atomic mass is 35.5. The van der Waals surface area contributed by atoms with Gasteiger partial charge in [-0.2, -0.15) is 0 Å². The number of halogens is 2. The molecule has 0 saturated carbocycles. The molecule has 0 spiro atoms. The van der Waals surface area contributed by atoms with Crippen molar-refractivity contribution in [2.24, 2.45) is 0 Å². The molecular formula is C39H45Cl2N5O5. The Bertz CT molecular complexity index is 1830. The second kappa shape index (κ2) is 17.2. The minimum absolute atomic E-state index is 0.0319. The van der Waals surface area contributed by atoms with Crippen molar-refractivity contribution < 1.29 is 24.1 Å². The summed E-state index contributed by atoms with van der Waals surface area (Å²) < 4.78 is 16.5. The second-order valence-corrected chi connectivity index (χ2v) is 13.8. The standard InChI is InChI=1S/C39H45Cl2N5O5/c1-49-24-35(48)46-19-12-28(13-20-46)43-22-26-9-10-33(44-39(26)51-3)32-6-4-5-30(36(32)40)31-11-16-42-38(37(31)41)25-7-8-27(34(21-25)50-2)23-45-17-14-29(47)15-18-45/h4-11,16,21,28-29,43,47H,12-15,17-20,22-24H2,1-3H3. The summed E-state index contributed by atoms with van der Waals surface area (Å²) in [5.74, 6) is 1.32. The van der Waals surface area contributed by atoms with E-state index in [1.807, 2.05) is 53.4 Å². The number of carbonyl (C=O) groups excluding carboxylic acids is 1. The molecule has 2 aliphatic heterocycles. The van der Waals surface area contributed by atoms with Gasteiger partial charge in [-0.25, -0.2) is 4.98 Å². The SMILES string of the molecule is COCC(=O)N1CCC(NCc2ccc(-c3cccc(-c4ccnc(-c5ccc(CN6CCC(O)CC6)c(OC)c5)c4Cl)c3Cl)nc2OC)CC1. The third-order valence-electron chi connectivity index (χ3n) is 9.79. The molecule has 2 aliphatic rings. The van der Waals surface area contributed by atoms with Crippen molar-refractivity contribution in [3.8, 4) is 45.3 Å². The predicted octanol–water partition coefficient (Wildman–Crippen LogP) is 6.49. The molecule has 0 aliphatic carbocycles. The molecule has 51 heavy (non-hydrogen) atoms. The number of nitrogens with one attached hydrogen (secondary N) is 1. The second-order valence-electron chi connectivity index (χ2n) is 13.1. The molecule has 2 aromatic carbocycles. The lowest BCUT2D eigenvalue weighted by Gasteiger charge is -2.32. The number of carbonyl (C=O) groups is 1. The van der Waals surface area contributed by atoms with Gasteiger partial charge in [-0.1, -0.05) is 59.6 Å². The molecule has 2 fully saturated rings. The Kier molecular flexibility index (Phi) is 12.5. The number of pyridine rings is 2. The number of ether oxygens (including phenoxy) is 3. The van der Waals surface area contributed by atoms with E-state index in [1.54, 1.807) is 27.5 Å². The van der Waals surface area contributed by atoms with E-state index in [0.717, 1.165) is 84.4 Å². The van der Waals surface area contributed by atoms with E-state index < -0.39 is 0 Å². The van der Waals surface area contributed by atoms with Crippen LogP contribution < -0.4 is 14.8 Å². The van der Waals surface area contributed by atoms with E-state index in [4.69, 9.17) is 42.4 Å². The van der Waals surface area contributed by atoms with Crippen molar-refractivity contribution in [2.75, 3.05) is 54.1 Å². The topological polar surface area (TPSA) is 109 Å². The molecule has 0 atom stereocenters. The van der Waals surface area contributed by atoms with Gasteiger partial charge in [-0.15, -0.1) is 0 Å². The molecule has 6 rings (SSSR count). The highest BCUT2D eigenvalue weighted by Crippen LogP contribution is 2.42. The summed E-state index contributed by atoms with van der Waals surface area (Å²) in [7, 11) is 4.83. The molecule has 10 nitrogen and oxygen atoms in total. The summed E-state index contributed by atoms with van der Waals surface area (Å²) in [4.78, 5) is 25.8. The molecule has 0 bridgehead atoms. The molecule has 0 radical (unpaired) electrons. The van der Waals surface area contributed by atoms with Crippen molar-refractivity contribution in [2.45, 2.75) is 50.9 Å². The number of rotatable bonds is 12. The number of likely N-dealkylation sites (tertiary alicyclic amines) is 2. The van der Waals surface area contributed by atoms with Crippen LogP contribution in [0.25, 0.3) is 33.6 Å². The van der Waals surface area contributed by atoms with Crippen LogP contribution in [0.2, 0.25) is 10.0 Å². The van der Waals surface area contributed by atoms with Gasteiger partial charge in [0.2, 0.25) is 11.8 Å². The first-order chi connectivity index (χ1) is 24.8. The van der Waals surface area contributed by atoms with E-state index in [2.05, 4.69) is 21.3 Å². The fourth-order valence-electron chi connectivity index (χ4n) is 6.86. The van der Waals surface area contributed by atoms with Gasteiger partial charge in [0.25, 0.3) is 0 Å².